The second-order valence-corrected chi connectivity index (χ2v) is 2.12. The first-order valence-electron chi connectivity index (χ1n) is 2.62. The average Bonchev–Trinajstić information content (AvgIpc) is 2.18. The van der Waals surface area contributed by atoms with Crippen LogP contribution in [0.4, 0.5) is 0 Å². The van der Waals surface area contributed by atoms with E-state index in [2.05, 4.69) is 13.8 Å². The molecule has 0 aliphatic carbocycles. The largest absolute Gasteiger partial charge is 0.272 e. The maximum absolute atomic E-state index is 5.09. The van der Waals surface area contributed by atoms with Crippen LogP contribution in [0.15, 0.2) is 0 Å². The summed E-state index contributed by atoms with van der Waals surface area (Å²) in [6.07, 6.45) is 1.07. The quantitative estimate of drug-likeness (QED) is 0.458. The lowest BCUT2D eigenvalue weighted by Crippen LogP contribution is -2.07. The molecule has 0 aromatic carbocycles. The van der Waals surface area contributed by atoms with Gasteiger partial charge in [0.2, 0.25) is 0 Å². The summed E-state index contributed by atoms with van der Waals surface area (Å²) < 4.78 is 0. The van der Waals surface area contributed by atoms with Crippen LogP contribution in [-0.2, 0) is 4.84 Å². The minimum Gasteiger partial charge on any atom is -0.272 e. The van der Waals surface area contributed by atoms with Gasteiger partial charge in [0, 0.05) is 7.05 Å². The Kier molecular flexibility index (Phi) is 0.869. The van der Waals surface area contributed by atoms with Gasteiger partial charge in [-0.15, -0.1) is 0 Å². The Bertz CT molecular complexity index is 80.1. The van der Waals surface area contributed by atoms with E-state index in [0.717, 1.165) is 6.42 Å². The van der Waals surface area contributed by atoms with Gasteiger partial charge in [-0.25, -0.2) is 0 Å². The van der Waals surface area contributed by atoms with E-state index < -0.39 is 0 Å². The zero-order valence-electron chi connectivity index (χ0n) is 5.06. The van der Waals surface area contributed by atoms with Crippen LogP contribution in [-0.4, -0.2) is 17.8 Å². The molecule has 2 atom stereocenters. The van der Waals surface area contributed by atoms with Crippen LogP contribution in [0.2, 0.25) is 0 Å². The van der Waals surface area contributed by atoms with Crippen LogP contribution < -0.4 is 0 Å². The van der Waals surface area contributed by atoms with Crippen LogP contribution in [0.25, 0.3) is 0 Å². The van der Waals surface area contributed by atoms with E-state index in [1.165, 1.54) is 0 Å². The second kappa shape index (κ2) is 1.20. The minimum absolute atomic E-state index is 0.0833. The van der Waals surface area contributed by atoms with Gasteiger partial charge in [0.25, 0.3) is 0 Å². The predicted octanol–water partition coefficient (Wildman–Crippen LogP) is 0.990. The topological polar surface area (TPSA) is 15.5 Å². The van der Waals surface area contributed by atoms with E-state index in [1.54, 1.807) is 0 Å². The average molecular weight is 101 g/mol. The van der Waals surface area contributed by atoms with Gasteiger partial charge in [-0.3, -0.25) is 4.84 Å². The number of hydrogen-bond donors (Lipinski definition) is 0. The lowest BCUT2D eigenvalue weighted by atomic mass is 10.2. The molecular formula is C5H11NO. The van der Waals surface area contributed by atoms with Gasteiger partial charge in [-0.1, -0.05) is 6.92 Å². The number of hydroxylamine groups is 2. The third-order valence-electron chi connectivity index (χ3n) is 1.62. The molecule has 1 rings (SSSR count). The fourth-order valence-corrected chi connectivity index (χ4v) is 0.562. The highest BCUT2D eigenvalue weighted by molar-refractivity contribution is 4.76. The fraction of sp³-hybridized carbons (Fsp3) is 1.00. The highest BCUT2D eigenvalue weighted by atomic mass is 16.9. The van der Waals surface area contributed by atoms with Crippen LogP contribution in [0.5, 0.6) is 0 Å². The first-order chi connectivity index (χ1) is 3.19. The van der Waals surface area contributed by atoms with Gasteiger partial charge >= 0.3 is 0 Å². The summed E-state index contributed by atoms with van der Waals surface area (Å²) >= 11 is 0. The van der Waals surface area contributed by atoms with Crippen molar-refractivity contribution in [1.82, 2.24) is 5.06 Å². The van der Waals surface area contributed by atoms with E-state index in [0.29, 0.717) is 0 Å². The molecule has 0 amide bonds. The summed E-state index contributed by atoms with van der Waals surface area (Å²) in [4.78, 5) is 5.09. The van der Waals surface area contributed by atoms with Crippen molar-refractivity contribution < 1.29 is 4.84 Å². The summed E-state index contributed by atoms with van der Waals surface area (Å²) in [7, 11) is 1.95. The van der Waals surface area contributed by atoms with Crippen molar-refractivity contribution in [3.8, 4) is 0 Å². The fourth-order valence-electron chi connectivity index (χ4n) is 0.562. The lowest BCUT2D eigenvalue weighted by molar-refractivity contribution is 0.221. The molecule has 0 aromatic heterocycles. The normalized spacial score (nSPS) is 49.3. The Morgan fingerprint density at radius 1 is 1.71 bits per heavy atom. The SMILES string of the molecule is CC[C@@]1(C)ON1C. The van der Waals surface area contributed by atoms with E-state index in [1.807, 2.05) is 12.1 Å². The van der Waals surface area contributed by atoms with Crippen molar-refractivity contribution in [2.45, 2.75) is 26.0 Å². The summed E-state index contributed by atoms with van der Waals surface area (Å²) in [5.74, 6) is 0. The number of nitrogens with zero attached hydrogens (tertiary/aromatic N) is 1. The first-order valence-corrected chi connectivity index (χ1v) is 2.62. The van der Waals surface area contributed by atoms with Crippen LogP contribution in [0, 0.1) is 0 Å². The van der Waals surface area contributed by atoms with Crippen molar-refractivity contribution in [2.75, 3.05) is 7.05 Å². The molecule has 0 N–H and O–H groups in total. The molecular weight excluding hydrogens is 90.1 g/mol. The monoisotopic (exact) mass is 101 g/mol. The van der Waals surface area contributed by atoms with Gasteiger partial charge in [-0.05, 0) is 13.3 Å². The predicted molar refractivity (Wildman–Crippen MR) is 27.5 cm³/mol. The molecule has 0 radical (unpaired) electrons. The Labute approximate surface area is 44.0 Å². The van der Waals surface area contributed by atoms with Crippen LogP contribution in [0.3, 0.4) is 0 Å². The molecule has 42 valence electrons. The van der Waals surface area contributed by atoms with E-state index in [4.69, 9.17) is 4.84 Å². The van der Waals surface area contributed by atoms with E-state index in [-0.39, 0.29) is 5.72 Å². The Morgan fingerprint density at radius 2 is 2.14 bits per heavy atom. The molecule has 7 heavy (non-hydrogen) atoms. The smallest absolute Gasteiger partial charge is 0.161 e. The minimum atomic E-state index is 0.0833. The molecule has 1 heterocycles. The molecule has 2 nitrogen and oxygen atoms in total. The third-order valence-corrected chi connectivity index (χ3v) is 1.62. The Balaban J connectivity index is 2.36. The molecule has 0 spiro atoms. The molecule has 0 aromatic rings. The van der Waals surface area contributed by atoms with Crippen molar-refractivity contribution in [1.29, 1.82) is 0 Å². The van der Waals surface area contributed by atoms with E-state index in [9.17, 15) is 0 Å². The summed E-state index contributed by atoms with van der Waals surface area (Å²) in [5.41, 5.74) is 0.0833. The molecule has 1 saturated heterocycles. The zero-order chi connectivity index (χ0) is 5.49. The molecule has 0 saturated carbocycles. The second-order valence-electron chi connectivity index (χ2n) is 2.12. The van der Waals surface area contributed by atoms with Gasteiger partial charge in [0.1, 0.15) is 0 Å². The van der Waals surface area contributed by atoms with Crippen molar-refractivity contribution in [3.63, 3.8) is 0 Å². The summed E-state index contributed by atoms with van der Waals surface area (Å²) in [5, 5.41) is 1.87. The maximum Gasteiger partial charge on any atom is 0.161 e. The van der Waals surface area contributed by atoms with E-state index >= 15 is 0 Å². The third kappa shape index (κ3) is 0.640. The molecule has 1 aliphatic rings. The molecule has 1 unspecified atom stereocenters. The highest BCUT2D eigenvalue weighted by Gasteiger charge is 2.45. The summed E-state index contributed by atoms with van der Waals surface area (Å²) in [6, 6.07) is 0. The lowest BCUT2D eigenvalue weighted by Gasteiger charge is -1.93. The van der Waals surface area contributed by atoms with Gasteiger partial charge in [0.05, 0.1) is 0 Å². The van der Waals surface area contributed by atoms with Crippen molar-refractivity contribution in [2.24, 2.45) is 0 Å². The maximum atomic E-state index is 5.09. The highest BCUT2D eigenvalue weighted by Crippen LogP contribution is 2.34. The molecule has 1 aliphatic heterocycles. The molecule has 1 fully saturated rings. The van der Waals surface area contributed by atoms with Crippen LogP contribution in [0.1, 0.15) is 20.3 Å². The van der Waals surface area contributed by atoms with Crippen molar-refractivity contribution >= 4 is 0 Å². The standard InChI is InChI=1S/C5H11NO/c1-4-5(2)6(3)7-5/h4H2,1-3H3/t5-,6?/m1/s1. The Morgan fingerprint density at radius 3 is 2.14 bits per heavy atom. The number of hydrogen-bond acceptors (Lipinski definition) is 2. The first kappa shape index (κ1) is 5.06. The zero-order valence-corrected chi connectivity index (χ0v) is 5.06. The number of rotatable bonds is 1. The van der Waals surface area contributed by atoms with Gasteiger partial charge < -0.3 is 0 Å². The van der Waals surface area contributed by atoms with Gasteiger partial charge in [-0.2, -0.15) is 5.06 Å². The van der Waals surface area contributed by atoms with Crippen molar-refractivity contribution in [3.05, 3.63) is 0 Å². The van der Waals surface area contributed by atoms with Crippen LogP contribution >= 0.6 is 0 Å². The van der Waals surface area contributed by atoms with Gasteiger partial charge in [0.15, 0.2) is 5.72 Å². The Hall–Kier alpha value is -0.0800. The molecule has 2 heteroatoms. The summed E-state index contributed by atoms with van der Waals surface area (Å²) in [6.45, 7) is 4.19. The molecule has 0 bridgehead atoms.